The fourth-order valence-electron chi connectivity index (χ4n) is 1.79. The molecule has 1 aliphatic rings. The van der Waals surface area contributed by atoms with Gasteiger partial charge in [-0.25, -0.2) is 0 Å². The zero-order valence-electron chi connectivity index (χ0n) is 8.81. The first kappa shape index (κ1) is 11.0. The Morgan fingerprint density at radius 3 is 2.54 bits per heavy atom. The fourth-order valence-corrected chi connectivity index (χ4v) is 1.79. The van der Waals surface area contributed by atoms with Crippen molar-refractivity contribution in [3.63, 3.8) is 0 Å². The number of nitrogens with one attached hydrogen (secondary N) is 1. The lowest BCUT2D eigenvalue weighted by molar-refractivity contribution is 0.0372. The monoisotopic (exact) mass is 186 g/mol. The lowest BCUT2D eigenvalue weighted by Crippen LogP contribution is -2.57. The maximum atomic E-state index is 5.82. The highest BCUT2D eigenvalue weighted by atomic mass is 16.5. The Hall–Kier alpha value is -0.120. The molecule has 0 aromatic heterocycles. The molecule has 13 heavy (non-hydrogen) atoms. The summed E-state index contributed by atoms with van der Waals surface area (Å²) in [6, 6.07) is 0.557. The Morgan fingerprint density at radius 1 is 1.46 bits per heavy atom. The molecule has 0 aromatic rings. The van der Waals surface area contributed by atoms with E-state index in [0.29, 0.717) is 6.04 Å². The Labute approximate surface area is 81.0 Å². The van der Waals surface area contributed by atoms with E-state index in [2.05, 4.69) is 19.2 Å². The Balaban J connectivity index is 2.47. The second-order valence-electron chi connectivity index (χ2n) is 4.05. The minimum Gasteiger partial charge on any atom is -0.381 e. The van der Waals surface area contributed by atoms with Crippen molar-refractivity contribution < 1.29 is 4.74 Å². The van der Waals surface area contributed by atoms with E-state index in [1.807, 2.05) is 0 Å². The number of hydrogen-bond acceptors (Lipinski definition) is 3. The second-order valence-corrected chi connectivity index (χ2v) is 4.05. The van der Waals surface area contributed by atoms with Crippen molar-refractivity contribution in [2.75, 3.05) is 19.8 Å². The van der Waals surface area contributed by atoms with Crippen LogP contribution in [0.15, 0.2) is 0 Å². The van der Waals surface area contributed by atoms with E-state index >= 15 is 0 Å². The molecule has 3 heteroatoms. The van der Waals surface area contributed by atoms with Crippen LogP contribution in [0.25, 0.3) is 0 Å². The van der Waals surface area contributed by atoms with E-state index in [-0.39, 0.29) is 5.54 Å². The summed E-state index contributed by atoms with van der Waals surface area (Å²) >= 11 is 0. The van der Waals surface area contributed by atoms with Gasteiger partial charge in [-0.3, -0.25) is 0 Å². The van der Waals surface area contributed by atoms with Crippen molar-refractivity contribution in [3.05, 3.63) is 0 Å². The van der Waals surface area contributed by atoms with Gasteiger partial charge in [0.25, 0.3) is 0 Å². The van der Waals surface area contributed by atoms with Crippen molar-refractivity contribution in [1.82, 2.24) is 5.32 Å². The Morgan fingerprint density at radius 2 is 2.08 bits per heavy atom. The Kier molecular flexibility index (Phi) is 4.16. The number of ether oxygens (including phenoxy) is 1. The summed E-state index contributed by atoms with van der Waals surface area (Å²) in [5, 5.41) is 3.63. The third kappa shape index (κ3) is 2.93. The molecule has 0 radical (unpaired) electrons. The van der Waals surface area contributed by atoms with Crippen LogP contribution in [-0.2, 0) is 4.74 Å². The molecule has 0 bridgehead atoms. The van der Waals surface area contributed by atoms with Gasteiger partial charge in [-0.1, -0.05) is 6.92 Å². The van der Waals surface area contributed by atoms with E-state index < -0.39 is 0 Å². The standard InChI is InChI=1S/C10H22N2O/c1-3-9(2)12-10(8-11)4-6-13-7-5-10/h9,12H,3-8,11H2,1-2H3. The van der Waals surface area contributed by atoms with Gasteiger partial charge in [0.05, 0.1) is 0 Å². The van der Waals surface area contributed by atoms with Crippen molar-refractivity contribution in [2.45, 2.75) is 44.7 Å². The van der Waals surface area contributed by atoms with E-state index in [4.69, 9.17) is 10.5 Å². The lowest BCUT2D eigenvalue weighted by Gasteiger charge is -2.39. The van der Waals surface area contributed by atoms with Crippen LogP contribution < -0.4 is 11.1 Å². The molecule has 0 aromatic carbocycles. The van der Waals surface area contributed by atoms with Crippen LogP contribution in [0.3, 0.4) is 0 Å². The third-order valence-electron chi connectivity index (χ3n) is 3.01. The minimum atomic E-state index is 0.147. The summed E-state index contributed by atoms with van der Waals surface area (Å²) < 4.78 is 5.35. The van der Waals surface area contributed by atoms with Gasteiger partial charge in [0.2, 0.25) is 0 Å². The first-order chi connectivity index (χ1) is 6.22. The van der Waals surface area contributed by atoms with Crippen LogP contribution in [0, 0.1) is 0 Å². The molecule has 3 nitrogen and oxygen atoms in total. The van der Waals surface area contributed by atoms with E-state index in [1.54, 1.807) is 0 Å². The third-order valence-corrected chi connectivity index (χ3v) is 3.01. The number of hydrogen-bond donors (Lipinski definition) is 2. The maximum absolute atomic E-state index is 5.82. The van der Waals surface area contributed by atoms with Crippen LogP contribution in [0.5, 0.6) is 0 Å². The smallest absolute Gasteiger partial charge is 0.0484 e. The van der Waals surface area contributed by atoms with Gasteiger partial charge in [0.15, 0.2) is 0 Å². The quantitative estimate of drug-likeness (QED) is 0.685. The molecule has 1 unspecified atom stereocenters. The summed E-state index contributed by atoms with van der Waals surface area (Å²) in [4.78, 5) is 0. The van der Waals surface area contributed by atoms with Crippen LogP contribution in [0.2, 0.25) is 0 Å². The summed E-state index contributed by atoms with van der Waals surface area (Å²) in [5.74, 6) is 0. The lowest BCUT2D eigenvalue weighted by atomic mass is 9.89. The molecule has 0 aliphatic carbocycles. The first-order valence-electron chi connectivity index (χ1n) is 5.28. The molecule has 1 aliphatic heterocycles. The van der Waals surface area contributed by atoms with Crippen LogP contribution in [0.4, 0.5) is 0 Å². The van der Waals surface area contributed by atoms with E-state index in [1.165, 1.54) is 0 Å². The molecular formula is C10H22N2O. The second kappa shape index (κ2) is 4.94. The van der Waals surface area contributed by atoms with Gasteiger partial charge in [-0.05, 0) is 26.2 Å². The summed E-state index contributed by atoms with van der Waals surface area (Å²) in [6.07, 6.45) is 3.25. The summed E-state index contributed by atoms with van der Waals surface area (Å²) in [6.45, 7) is 6.83. The van der Waals surface area contributed by atoms with Crippen LogP contribution >= 0.6 is 0 Å². The van der Waals surface area contributed by atoms with Crippen molar-refractivity contribution in [3.8, 4) is 0 Å². The van der Waals surface area contributed by atoms with Gasteiger partial charge in [0.1, 0.15) is 0 Å². The predicted octanol–water partition coefficient (Wildman–Crippen LogP) is 0.882. The van der Waals surface area contributed by atoms with Crippen LogP contribution in [0.1, 0.15) is 33.1 Å². The SMILES string of the molecule is CCC(C)NC1(CN)CCOCC1. The Bertz CT molecular complexity index is 144. The minimum absolute atomic E-state index is 0.147. The first-order valence-corrected chi connectivity index (χ1v) is 5.28. The zero-order chi connectivity index (χ0) is 9.73. The van der Waals surface area contributed by atoms with Gasteiger partial charge in [0, 0.05) is 31.3 Å². The molecule has 0 saturated carbocycles. The highest BCUT2D eigenvalue weighted by molar-refractivity contribution is 4.92. The number of rotatable bonds is 4. The molecule has 1 fully saturated rings. The summed E-state index contributed by atoms with van der Waals surface area (Å²) in [5.41, 5.74) is 5.97. The van der Waals surface area contributed by atoms with E-state index in [0.717, 1.165) is 39.0 Å². The highest BCUT2D eigenvalue weighted by Crippen LogP contribution is 2.20. The molecule has 3 N–H and O–H groups in total. The average Bonchev–Trinajstić information content (AvgIpc) is 2.19. The summed E-state index contributed by atoms with van der Waals surface area (Å²) in [7, 11) is 0. The van der Waals surface area contributed by atoms with Crippen molar-refractivity contribution >= 4 is 0 Å². The molecule has 1 rings (SSSR count). The molecule has 0 amide bonds. The molecule has 1 saturated heterocycles. The molecular weight excluding hydrogens is 164 g/mol. The van der Waals surface area contributed by atoms with Gasteiger partial charge in [-0.2, -0.15) is 0 Å². The van der Waals surface area contributed by atoms with Gasteiger partial charge < -0.3 is 15.8 Å². The number of nitrogens with two attached hydrogens (primary N) is 1. The average molecular weight is 186 g/mol. The van der Waals surface area contributed by atoms with Gasteiger partial charge >= 0.3 is 0 Å². The fraction of sp³-hybridized carbons (Fsp3) is 1.00. The zero-order valence-corrected chi connectivity index (χ0v) is 8.81. The molecule has 0 spiro atoms. The van der Waals surface area contributed by atoms with E-state index in [9.17, 15) is 0 Å². The normalized spacial score (nSPS) is 24.2. The molecule has 78 valence electrons. The maximum Gasteiger partial charge on any atom is 0.0484 e. The van der Waals surface area contributed by atoms with Crippen molar-refractivity contribution in [2.24, 2.45) is 5.73 Å². The molecule has 1 heterocycles. The van der Waals surface area contributed by atoms with Gasteiger partial charge in [-0.15, -0.1) is 0 Å². The van der Waals surface area contributed by atoms with Crippen LogP contribution in [-0.4, -0.2) is 31.3 Å². The molecule has 1 atom stereocenters. The largest absolute Gasteiger partial charge is 0.381 e. The van der Waals surface area contributed by atoms with Crippen molar-refractivity contribution in [1.29, 1.82) is 0 Å². The predicted molar refractivity (Wildman–Crippen MR) is 54.7 cm³/mol. The topological polar surface area (TPSA) is 47.3 Å². The highest BCUT2D eigenvalue weighted by Gasteiger charge is 2.31.